The molecule has 3 heterocycles. The van der Waals surface area contributed by atoms with Gasteiger partial charge in [0.25, 0.3) is 0 Å². The first-order chi connectivity index (χ1) is 12.2. The third-order valence-corrected chi connectivity index (χ3v) is 6.21. The lowest BCUT2D eigenvalue weighted by atomic mass is 9.72. The van der Waals surface area contributed by atoms with Crippen LogP contribution in [0.25, 0.3) is 11.4 Å². The topological polar surface area (TPSA) is 58.4 Å². The monoisotopic (exact) mass is 339 g/mol. The minimum absolute atomic E-state index is 0.101. The molecule has 2 saturated heterocycles. The van der Waals surface area contributed by atoms with Crippen LogP contribution in [0.4, 0.5) is 0 Å². The van der Waals surface area contributed by atoms with Crippen LogP contribution in [0.2, 0.25) is 0 Å². The molecule has 0 spiro atoms. The highest BCUT2D eigenvalue weighted by atomic mass is 16.3. The quantitative estimate of drug-likeness (QED) is 0.911. The minimum Gasteiger partial charge on any atom is -0.396 e. The highest BCUT2D eigenvalue weighted by Crippen LogP contribution is 2.51. The first-order valence-electron chi connectivity index (χ1n) is 9.17. The standard InChI is InChI=1S/C20H25N3O2/c1-2-20(14-24)12-16-8-9-17(20)23(16)18(25)13-22-11-10-21-19(22)15-6-4-3-5-7-15/h3-7,10-11,16-17,24H,2,8-9,12-14H2,1H3/t16-,17+,20-/m1/s1. The van der Waals surface area contributed by atoms with E-state index in [9.17, 15) is 9.90 Å². The summed E-state index contributed by atoms with van der Waals surface area (Å²) < 4.78 is 1.93. The molecule has 1 amide bonds. The molecule has 1 aromatic heterocycles. The van der Waals surface area contributed by atoms with Crippen molar-refractivity contribution in [3.05, 3.63) is 42.7 Å². The average Bonchev–Trinajstić information content (AvgIpc) is 3.35. The van der Waals surface area contributed by atoms with E-state index in [1.807, 2.05) is 41.1 Å². The van der Waals surface area contributed by atoms with Crippen molar-refractivity contribution < 1.29 is 9.90 Å². The summed E-state index contributed by atoms with van der Waals surface area (Å²) in [5.41, 5.74) is 0.915. The second kappa shape index (κ2) is 6.30. The van der Waals surface area contributed by atoms with Crippen molar-refractivity contribution in [2.24, 2.45) is 5.41 Å². The van der Waals surface area contributed by atoms with Crippen LogP contribution in [0.3, 0.4) is 0 Å². The van der Waals surface area contributed by atoms with Crippen molar-refractivity contribution >= 4 is 5.91 Å². The molecular formula is C20H25N3O2. The largest absolute Gasteiger partial charge is 0.396 e. The first kappa shape index (κ1) is 16.3. The van der Waals surface area contributed by atoms with Gasteiger partial charge >= 0.3 is 0 Å². The van der Waals surface area contributed by atoms with Gasteiger partial charge in [0, 0.05) is 35.5 Å². The number of aliphatic hydroxyl groups is 1. The molecule has 2 aromatic rings. The van der Waals surface area contributed by atoms with Gasteiger partial charge in [-0.25, -0.2) is 4.98 Å². The van der Waals surface area contributed by atoms with Gasteiger partial charge in [0.1, 0.15) is 12.4 Å². The predicted molar refractivity (Wildman–Crippen MR) is 95.7 cm³/mol. The van der Waals surface area contributed by atoms with Crippen LogP contribution in [-0.2, 0) is 11.3 Å². The smallest absolute Gasteiger partial charge is 0.243 e. The number of carbonyl (C=O) groups is 1. The van der Waals surface area contributed by atoms with E-state index in [4.69, 9.17) is 0 Å². The molecule has 5 heteroatoms. The van der Waals surface area contributed by atoms with E-state index in [0.29, 0.717) is 6.54 Å². The van der Waals surface area contributed by atoms with Gasteiger partial charge in [-0.05, 0) is 25.7 Å². The molecule has 0 radical (unpaired) electrons. The maximum absolute atomic E-state index is 13.1. The van der Waals surface area contributed by atoms with E-state index >= 15 is 0 Å². The molecule has 3 atom stereocenters. The Kier molecular flexibility index (Phi) is 4.12. The molecule has 2 aliphatic rings. The summed E-state index contributed by atoms with van der Waals surface area (Å²) in [7, 11) is 0. The van der Waals surface area contributed by atoms with E-state index in [2.05, 4.69) is 16.8 Å². The summed E-state index contributed by atoms with van der Waals surface area (Å²) in [4.78, 5) is 19.6. The van der Waals surface area contributed by atoms with Gasteiger partial charge in [0.15, 0.2) is 0 Å². The normalized spacial score (nSPS) is 27.8. The third kappa shape index (κ3) is 2.58. The Morgan fingerprint density at radius 1 is 1.32 bits per heavy atom. The SMILES string of the molecule is CC[C@]1(CO)C[C@H]2CC[C@@H]1N2C(=O)Cn1ccnc1-c1ccccc1. The molecule has 25 heavy (non-hydrogen) atoms. The van der Waals surface area contributed by atoms with Crippen LogP contribution in [-0.4, -0.2) is 44.2 Å². The molecule has 0 aliphatic carbocycles. The number of benzene rings is 1. The number of amides is 1. The second-order valence-electron chi connectivity index (χ2n) is 7.37. The summed E-state index contributed by atoms with van der Waals surface area (Å²) in [5, 5.41) is 9.93. The van der Waals surface area contributed by atoms with Gasteiger partial charge in [-0.3, -0.25) is 4.79 Å². The Labute approximate surface area is 148 Å². The molecule has 5 nitrogen and oxygen atoms in total. The fourth-order valence-corrected chi connectivity index (χ4v) is 4.84. The number of fused-ring (bicyclic) bond motifs is 2. The predicted octanol–water partition coefficient (Wildman–Crippen LogP) is 2.70. The lowest BCUT2D eigenvalue weighted by Crippen LogP contribution is -2.43. The summed E-state index contributed by atoms with van der Waals surface area (Å²) in [6.45, 7) is 2.61. The molecular weight excluding hydrogens is 314 g/mol. The molecule has 2 aliphatic heterocycles. The van der Waals surface area contributed by atoms with Crippen molar-refractivity contribution in [1.82, 2.24) is 14.5 Å². The molecule has 132 valence electrons. The maximum Gasteiger partial charge on any atom is 0.243 e. The van der Waals surface area contributed by atoms with Crippen molar-refractivity contribution in [2.45, 2.75) is 51.2 Å². The van der Waals surface area contributed by atoms with Gasteiger partial charge in [-0.2, -0.15) is 0 Å². The lowest BCUT2D eigenvalue weighted by molar-refractivity contribution is -0.134. The van der Waals surface area contributed by atoms with Crippen molar-refractivity contribution in [1.29, 1.82) is 0 Å². The molecule has 4 rings (SSSR count). The summed E-state index contributed by atoms with van der Waals surface area (Å²) >= 11 is 0. The molecule has 0 unspecified atom stereocenters. The number of nitrogens with zero attached hydrogens (tertiary/aromatic N) is 3. The Morgan fingerprint density at radius 2 is 2.12 bits per heavy atom. The summed E-state index contributed by atoms with van der Waals surface area (Å²) in [6, 6.07) is 10.4. The number of imidazole rings is 1. The number of rotatable bonds is 5. The number of aliphatic hydroxyl groups excluding tert-OH is 1. The molecule has 0 saturated carbocycles. The maximum atomic E-state index is 13.1. The van der Waals surface area contributed by atoms with Crippen LogP contribution in [0.15, 0.2) is 42.7 Å². The van der Waals surface area contributed by atoms with Crippen LogP contribution >= 0.6 is 0 Å². The number of hydrogen-bond acceptors (Lipinski definition) is 3. The van der Waals surface area contributed by atoms with Gasteiger partial charge in [-0.1, -0.05) is 37.3 Å². The van der Waals surface area contributed by atoms with E-state index in [-0.39, 0.29) is 30.0 Å². The number of hydrogen-bond donors (Lipinski definition) is 1. The van der Waals surface area contributed by atoms with Gasteiger partial charge < -0.3 is 14.6 Å². The van der Waals surface area contributed by atoms with Crippen molar-refractivity contribution in [2.75, 3.05) is 6.61 Å². The van der Waals surface area contributed by atoms with E-state index < -0.39 is 0 Å². The van der Waals surface area contributed by atoms with Gasteiger partial charge in [0.05, 0.1) is 6.61 Å². The molecule has 2 bridgehead atoms. The van der Waals surface area contributed by atoms with E-state index in [1.165, 1.54) is 0 Å². The molecule has 1 aromatic carbocycles. The molecule has 2 fully saturated rings. The first-order valence-corrected chi connectivity index (χ1v) is 9.17. The number of aromatic nitrogens is 2. The van der Waals surface area contributed by atoms with Crippen LogP contribution in [0.5, 0.6) is 0 Å². The van der Waals surface area contributed by atoms with Crippen molar-refractivity contribution in [3.63, 3.8) is 0 Å². The van der Waals surface area contributed by atoms with Gasteiger partial charge in [0.2, 0.25) is 5.91 Å². The third-order valence-electron chi connectivity index (χ3n) is 6.21. The Morgan fingerprint density at radius 3 is 2.80 bits per heavy atom. The van der Waals surface area contributed by atoms with Crippen LogP contribution in [0, 0.1) is 5.41 Å². The van der Waals surface area contributed by atoms with E-state index in [0.717, 1.165) is 37.1 Å². The summed E-state index contributed by atoms with van der Waals surface area (Å²) in [5.74, 6) is 0.968. The highest BCUT2D eigenvalue weighted by molar-refractivity contribution is 5.78. The average molecular weight is 339 g/mol. The lowest BCUT2D eigenvalue weighted by Gasteiger charge is -2.34. The van der Waals surface area contributed by atoms with Gasteiger partial charge in [-0.15, -0.1) is 0 Å². The minimum atomic E-state index is -0.101. The zero-order valence-corrected chi connectivity index (χ0v) is 14.6. The zero-order valence-electron chi connectivity index (χ0n) is 14.6. The Bertz CT molecular complexity index is 751. The van der Waals surface area contributed by atoms with E-state index in [1.54, 1.807) is 6.20 Å². The number of carbonyl (C=O) groups excluding carboxylic acids is 1. The molecule has 1 N–H and O–H groups in total. The summed E-state index contributed by atoms with van der Waals surface area (Å²) in [6.07, 6.45) is 7.56. The fourth-order valence-electron chi connectivity index (χ4n) is 4.84. The highest BCUT2D eigenvalue weighted by Gasteiger charge is 2.56. The Hall–Kier alpha value is -2.14. The Balaban J connectivity index is 1.56. The zero-order chi connectivity index (χ0) is 17.4. The second-order valence-corrected chi connectivity index (χ2v) is 7.37. The van der Waals surface area contributed by atoms with Crippen LogP contribution < -0.4 is 0 Å². The van der Waals surface area contributed by atoms with Crippen molar-refractivity contribution in [3.8, 4) is 11.4 Å². The fraction of sp³-hybridized carbons (Fsp3) is 0.500. The van der Waals surface area contributed by atoms with Crippen LogP contribution in [0.1, 0.15) is 32.6 Å².